The van der Waals surface area contributed by atoms with Crippen LogP contribution in [0.5, 0.6) is 0 Å². The number of aromatic nitrogens is 1. The molecular weight excluding hydrogens is 327 g/mol. The number of pyridine rings is 1. The van der Waals surface area contributed by atoms with Crippen LogP contribution < -0.4 is 0 Å². The Labute approximate surface area is 152 Å². The third-order valence-corrected chi connectivity index (χ3v) is 5.15. The summed E-state index contributed by atoms with van der Waals surface area (Å²) < 4.78 is 13.3. The molecule has 4 heteroatoms. The van der Waals surface area contributed by atoms with Gasteiger partial charge in [-0.15, -0.1) is 0 Å². The number of piperidine rings is 1. The van der Waals surface area contributed by atoms with Crippen LogP contribution in [0.1, 0.15) is 36.5 Å². The largest absolute Gasteiger partial charge is 0.336 e. The van der Waals surface area contributed by atoms with E-state index in [9.17, 15) is 9.18 Å². The smallest absolute Gasteiger partial charge is 0.254 e. The Bertz CT molecular complexity index is 952. The van der Waals surface area contributed by atoms with E-state index in [0.29, 0.717) is 11.3 Å². The summed E-state index contributed by atoms with van der Waals surface area (Å²) in [4.78, 5) is 20.0. The second-order valence-electron chi connectivity index (χ2n) is 6.92. The summed E-state index contributed by atoms with van der Waals surface area (Å²) in [6.07, 6.45) is 3.26. The molecule has 0 bridgehead atoms. The van der Waals surface area contributed by atoms with Crippen LogP contribution in [-0.2, 0) is 0 Å². The van der Waals surface area contributed by atoms with Gasteiger partial charge in [0.1, 0.15) is 5.82 Å². The van der Waals surface area contributed by atoms with Crippen molar-refractivity contribution in [3.63, 3.8) is 0 Å². The van der Waals surface area contributed by atoms with Crippen molar-refractivity contribution in [3.8, 4) is 11.3 Å². The van der Waals surface area contributed by atoms with Gasteiger partial charge in [-0.25, -0.2) is 9.37 Å². The minimum Gasteiger partial charge on any atom is -0.336 e. The van der Waals surface area contributed by atoms with Crippen molar-refractivity contribution in [1.82, 2.24) is 9.88 Å². The topological polar surface area (TPSA) is 33.2 Å². The molecule has 1 saturated heterocycles. The molecule has 26 heavy (non-hydrogen) atoms. The molecule has 1 aromatic heterocycles. The molecule has 2 heterocycles. The van der Waals surface area contributed by atoms with Crippen LogP contribution in [0.2, 0.25) is 0 Å². The van der Waals surface area contributed by atoms with Gasteiger partial charge in [-0.1, -0.05) is 18.2 Å². The Balaban J connectivity index is 1.84. The molecule has 0 N–H and O–H groups in total. The van der Waals surface area contributed by atoms with Gasteiger partial charge in [-0.2, -0.15) is 0 Å². The lowest BCUT2D eigenvalue weighted by molar-refractivity contribution is 0.0637. The van der Waals surface area contributed by atoms with Crippen LogP contribution in [-0.4, -0.2) is 28.4 Å². The van der Waals surface area contributed by atoms with Crippen molar-refractivity contribution in [3.05, 3.63) is 66.0 Å². The van der Waals surface area contributed by atoms with Crippen LogP contribution >= 0.6 is 0 Å². The van der Waals surface area contributed by atoms with Crippen LogP contribution in [0.25, 0.3) is 22.2 Å². The number of carbonyl (C=O) groups is 1. The van der Waals surface area contributed by atoms with Crippen molar-refractivity contribution in [2.24, 2.45) is 0 Å². The van der Waals surface area contributed by atoms with Crippen molar-refractivity contribution >= 4 is 16.8 Å². The Morgan fingerprint density at radius 1 is 1.12 bits per heavy atom. The van der Waals surface area contributed by atoms with Crippen LogP contribution in [0.3, 0.4) is 0 Å². The second kappa shape index (κ2) is 6.87. The van der Waals surface area contributed by atoms with E-state index in [-0.39, 0.29) is 17.8 Å². The number of carbonyl (C=O) groups excluding carboxylic acids is 1. The fourth-order valence-corrected chi connectivity index (χ4v) is 3.68. The summed E-state index contributed by atoms with van der Waals surface area (Å²) in [6, 6.07) is 16.0. The first kappa shape index (κ1) is 16.7. The number of fused-ring (bicyclic) bond motifs is 1. The van der Waals surface area contributed by atoms with Gasteiger partial charge < -0.3 is 4.90 Å². The highest BCUT2D eigenvalue weighted by atomic mass is 19.1. The summed E-state index contributed by atoms with van der Waals surface area (Å²) in [5.41, 5.74) is 2.95. The standard InChI is InChI=1S/C22H21FN2O/c1-15-6-4-5-13-25(15)22(26)19-14-21(16-9-11-17(23)12-10-16)24-20-8-3-2-7-18(19)20/h2-3,7-12,14-15H,4-6,13H2,1H3. The minimum absolute atomic E-state index is 0.0548. The summed E-state index contributed by atoms with van der Waals surface area (Å²) in [5.74, 6) is -0.229. The predicted octanol–water partition coefficient (Wildman–Crippen LogP) is 5.06. The maximum atomic E-state index is 13.3. The van der Waals surface area contributed by atoms with Crippen molar-refractivity contribution in [1.29, 1.82) is 0 Å². The van der Waals surface area contributed by atoms with Gasteiger partial charge in [-0.3, -0.25) is 4.79 Å². The van der Waals surface area contributed by atoms with E-state index in [1.807, 2.05) is 35.2 Å². The molecule has 1 aliphatic heterocycles. The fraction of sp³-hybridized carbons (Fsp3) is 0.273. The van der Waals surface area contributed by atoms with E-state index in [2.05, 4.69) is 11.9 Å². The minimum atomic E-state index is -0.284. The van der Waals surface area contributed by atoms with Gasteiger partial charge in [0.25, 0.3) is 5.91 Å². The zero-order chi connectivity index (χ0) is 18.1. The number of amides is 1. The number of para-hydroxylation sites is 1. The molecule has 0 saturated carbocycles. The van der Waals surface area contributed by atoms with E-state index in [4.69, 9.17) is 0 Å². The van der Waals surface area contributed by atoms with Crippen LogP contribution in [0.4, 0.5) is 4.39 Å². The Morgan fingerprint density at radius 3 is 2.65 bits per heavy atom. The molecule has 1 atom stereocenters. The number of halogens is 1. The van der Waals surface area contributed by atoms with Gasteiger partial charge in [-0.05, 0) is 62.6 Å². The summed E-state index contributed by atoms with van der Waals surface area (Å²) >= 11 is 0. The first-order valence-electron chi connectivity index (χ1n) is 9.10. The lowest BCUT2D eigenvalue weighted by atomic mass is 9.99. The molecule has 0 radical (unpaired) electrons. The molecular formula is C22H21FN2O. The van der Waals surface area contributed by atoms with Gasteiger partial charge in [0, 0.05) is 23.5 Å². The lowest BCUT2D eigenvalue weighted by Crippen LogP contribution is -2.42. The van der Waals surface area contributed by atoms with E-state index >= 15 is 0 Å². The Hall–Kier alpha value is -2.75. The average Bonchev–Trinajstić information content (AvgIpc) is 2.67. The van der Waals surface area contributed by atoms with Gasteiger partial charge in [0.05, 0.1) is 16.8 Å². The monoisotopic (exact) mass is 348 g/mol. The zero-order valence-corrected chi connectivity index (χ0v) is 14.8. The zero-order valence-electron chi connectivity index (χ0n) is 14.8. The molecule has 3 nitrogen and oxygen atoms in total. The van der Waals surface area contributed by atoms with Crippen molar-refractivity contribution in [2.45, 2.75) is 32.2 Å². The first-order valence-corrected chi connectivity index (χ1v) is 9.10. The molecule has 0 aliphatic carbocycles. The van der Waals surface area contributed by atoms with E-state index in [1.165, 1.54) is 18.6 Å². The molecule has 132 valence electrons. The summed E-state index contributed by atoms with van der Waals surface area (Å²) in [6.45, 7) is 2.91. The third-order valence-electron chi connectivity index (χ3n) is 5.15. The average molecular weight is 348 g/mol. The third kappa shape index (κ3) is 3.07. The number of rotatable bonds is 2. The number of hydrogen-bond donors (Lipinski definition) is 0. The first-order chi connectivity index (χ1) is 12.6. The highest BCUT2D eigenvalue weighted by Gasteiger charge is 2.26. The Kier molecular flexibility index (Phi) is 4.41. The summed E-state index contributed by atoms with van der Waals surface area (Å²) in [7, 11) is 0. The number of benzene rings is 2. The van der Waals surface area contributed by atoms with E-state index in [1.54, 1.807) is 12.1 Å². The highest BCUT2D eigenvalue weighted by molar-refractivity contribution is 6.07. The molecule has 3 aromatic rings. The van der Waals surface area contributed by atoms with Gasteiger partial charge in [0.2, 0.25) is 0 Å². The fourth-order valence-electron chi connectivity index (χ4n) is 3.68. The highest BCUT2D eigenvalue weighted by Crippen LogP contribution is 2.28. The van der Waals surface area contributed by atoms with Crippen LogP contribution in [0.15, 0.2) is 54.6 Å². The van der Waals surface area contributed by atoms with E-state index in [0.717, 1.165) is 35.9 Å². The summed E-state index contributed by atoms with van der Waals surface area (Å²) in [5, 5.41) is 0.862. The Morgan fingerprint density at radius 2 is 1.88 bits per heavy atom. The van der Waals surface area contributed by atoms with Gasteiger partial charge >= 0.3 is 0 Å². The van der Waals surface area contributed by atoms with Gasteiger partial charge in [0.15, 0.2) is 0 Å². The van der Waals surface area contributed by atoms with Crippen molar-refractivity contribution in [2.75, 3.05) is 6.54 Å². The second-order valence-corrected chi connectivity index (χ2v) is 6.92. The molecule has 2 aromatic carbocycles. The quantitative estimate of drug-likeness (QED) is 0.649. The molecule has 1 amide bonds. The molecule has 1 fully saturated rings. The maximum absolute atomic E-state index is 13.3. The maximum Gasteiger partial charge on any atom is 0.254 e. The van der Waals surface area contributed by atoms with Crippen molar-refractivity contribution < 1.29 is 9.18 Å². The number of likely N-dealkylation sites (tertiary alicyclic amines) is 1. The van der Waals surface area contributed by atoms with Crippen LogP contribution in [0, 0.1) is 5.82 Å². The number of nitrogens with zero attached hydrogens (tertiary/aromatic N) is 2. The molecule has 1 aliphatic rings. The molecule has 1 unspecified atom stereocenters. The van der Waals surface area contributed by atoms with E-state index < -0.39 is 0 Å². The number of hydrogen-bond acceptors (Lipinski definition) is 2. The molecule has 0 spiro atoms. The lowest BCUT2D eigenvalue weighted by Gasteiger charge is -2.33. The SMILES string of the molecule is CC1CCCCN1C(=O)c1cc(-c2ccc(F)cc2)nc2ccccc12. The predicted molar refractivity (Wildman–Crippen MR) is 101 cm³/mol. The molecule has 4 rings (SSSR count). The normalized spacial score (nSPS) is 17.5.